The van der Waals surface area contributed by atoms with Crippen molar-refractivity contribution in [1.29, 1.82) is 0 Å². The Kier molecular flexibility index (Phi) is 6.54. The van der Waals surface area contributed by atoms with Crippen molar-refractivity contribution in [2.45, 2.75) is 56.8 Å². The molecule has 0 saturated carbocycles. The minimum absolute atomic E-state index is 1.24. The molecular formula is C12H24Ge. The van der Waals surface area contributed by atoms with Crippen LogP contribution in [0.5, 0.6) is 0 Å². The van der Waals surface area contributed by atoms with Crippen LogP contribution in [0.4, 0.5) is 0 Å². The van der Waals surface area contributed by atoms with Crippen LogP contribution in [0.1, 0.15) is 39.5 Å². The van der Waals surface area contributed by atoms with Gasteiger partial charge < -0.3 is 0 Å². The Morgan fingerprint density at radius 3 is 2.31 bits per heavy atom. The Labute approximate surface area is 86.5 Å². The van der Waals surface area contributed by atoms with E-state index in [0.717, 1.165) is 0 Å². The number of hydrogen-bond donors (Lipinski definition) is 0. The average Bonchev–Trinajstić information content (AvgIpc) is 2.00. The van der Waals surface area contributed by atoms with Crippen LogP contribution in [0.25, 0.3) is 0 Å². The third-order valence-electron chi connectivity index (χ3n) is 1.91. The summed E-state index contributed by atoms with van der Waals surface area (Å²) in [5, 5.41) is 0. The molecule has 0 N–H and O–H groups in total. The van der Waals surface area contributed by atoms with E-state index in [0.29, 0.717) is 0 Å². The first-order valence-corrected chi connectivity index (χ1v) is 12.9. The number of rotatable bonds is 5. The van der Waals surface area contributed by atoms with Gasteiger partial charge >= 0.3 is 86.3 Å². The van der Waals surface area contributed by atoms with Gasteiger partial charge in [-0.2, -0.15) is 0 Å². The first-order valence-electron chi connectivity index (χ1n) is 5.39. The van der Waals surface area contributed by atoms with Gasteiger partial charge in [0.25, 0.3) is 0 Å². The number of allylic oxidation sites excluding steroid dienone is 1. The summed E-state index contributed by atoms with van der Waals surface area (Å²) in [4.78, 5) is 2.36. The van der Waals surface area contributed by atoms with Gasteiger partial charge in [-0.15, -0.1) is 0 Å². The van der Waals surface area contributed by atoms with Crippen LogP contribution in [0.15, 0.2) is 16.2 Å². The molecular weight excluding hydrogens is 217 g/mol. The minimum atomic E-state index is -1.48. The monoisotopic (exact) mass is 242 g/mol. The second-order valence-corrected chi connectivity index (χ2v) is 15.4. The third kappa shape index (κ3) is 9.98. The van der Waals surface area contributed by atoms with Crippen LogP contribution in [0.3, 0.4) is 0 Å². The molecule has 0 rings (SSSR count). The van der Waals surface area contributed by atoms with E-state index >= 15 is 0 Å². The van der Waals surface area contributed by atoms with Crippen LogP contribution < -0.4 is 0 Å². The maximum atomic E-state index is 3.46. The molecule has 0 unspecified atom stereocenters. The molecule has 0 aromatic heterocycles. The maximum absolute atomic E-state index is 3.46. The quantitative estimate of drug-likeness (QED) is 0.376. The van der Waals surface area contributed by atoms with Gasteiger partial charge in [-0.25, -0.2) is 0 Å². The molecule has 76 valence electrons. The van der Waals surface area contributed by atoms with Gasteiger partial charge in [0.2, 0.25) is 0 Å². The summed E-state index contributed by atoms with van der Waals surface area (Å²) < 4.78 is 0. The molecule has 0 aliphatic heterocycles. The molecule has 0 heterocycles. The van der Waals surface area contributed by atoms with E-state index in [1.165, 1.54) is 31.3 Å². The van der Waals surface area contributed by atoms with Crippen molar-refractivity contribution >= 4 is 13.3 Å². The van der Waals surface area contributed by atoms with Gasteiger partial charge in [0.1, 0.15) is 0 Å². The van der Waals surface area contributed by atoms with Crippen LogP contribution in [-0.2, 0) is 0 Å². The summed E-state index contributed by atoms with van der Waals surface area (Å²) in [6.07, 6.45) is 5.24. The Morgan fingerprint density at radius 2 is 1.85 bits per heavy atom. The zero-order chi connectivity index (χ0) is 10.3. The van der Waals surface area contributed by atoms with Crippen molar-refractivity contribution < 1.29 is 0 Å². The Morgan fingerprint density at radius 1 is 1.23 bits per heavy atom. The zero-order valence-corrected chi connectivity index (χ0v) is 12.0. The predicted octanol–water partition coefficient (Wildman–Crippen LogP) is 4.55. The standard InChI is InChI=1S/C12H24Ge/c1-6-7-8-9-12(2)10-11-13(3,4)5/h11H,6-9H2,1-5H3. The summed E-state index contributed by atoms with van der Waals surface area (Å²) >= 11 is -1.48. The molecule has 0 bridgehead atoms. The van der Waals surface area contributed by atoms with Gasteiger partial charge in [-0.05, 0) is 0 Å². The fraction of sp³-hybridized carbons (Fsp3) is 0.750. The summed E-state index contributed by atoms with van der Waals surface area (Å²) in [6.45, 7) is 4.46. The zero-order valence-electron chi connectivity index (χ0n) is 9.91. The third-order valence-corrected chi connectivity index (χ3v) is 4.03. The van der Waals surface area contributed by atoms with Crippen LogP contribution >= 0.6 is 0 Å². The van der Waals surface area contributed by atoms with E-state index in [-0.39, 0.29) is 0 Å². The molecule has 0 aliphatic rings. The molecule has 0 saturated heterocycles. The fourth-order valence-electron chi connectivity index (χ4n) is 1.05. The van der Waals surface area contributed by atoms with Gasteiger partial charge in [0, 0.05) is 0 Å². The molecule has 0 aliphatic carbocycles. The second-order valence-electron chi connectivity index (χ2n) is 4.89. The summed E-state index contributed by atoms with van der Waals surface area (Å²) in [5.74, 6) is 7.19. The summed E-state index contributed by atoms with van der Waals surface area (Å²) in [5.41, 5.74) is 4.90. The van der Waals surface area contributed by atoms with Crippen LogP contribution in [0, 0.1) is 0 Å². The Balaban J connectivity index is 3.94. The average molecular weight is 241 g/mol. The van der Waals surface area contributed by atoms with Crippen molar-refractivity contribution in [3.8, 4) is 0 Å². The molecule has 0 atom stereocenters. The van der Waals surface area contributed by atoms with E-state index < -0.39 is 13.3 Å². The van der Waals surface area contributed by atoms with Crippen molar-refractivity contribution in [2.24, 2.45) is 0 Å². The van der Waals surface area contributed by atoms with Crippen molar-refractivity contribution in [1.82, 2.24) is 0 Å². The van der Waals surface area contributed by atoms with E-state index in [9.17, 15) is 0 Å². The van der Waals surface area contributed by atoms with Gasteiger partial charge in [-0.1, -0.05) is 0 Å². The van der Waals surface area contributed by atoms with E-state index in [1.807, 2.05) is 0 Å². The molecule has 0 aromatic rings. The molecule has 13 heavy (non-hydrogen) atoms. The first-order chi connectivity index (χ1) is 5.95. The van der Waals surface area contributed by atoms with Crippen molar-refractivity contribution in [2.75, 3.05) is 0 Å². The molecule has 0 amide bonds. The first kappa shape index (κ1) is 13.1. The molecule has 0 nitrogen and oxygen atoms in total. The SMILES string of the molecule is CCCCCC(C)=C=[CH][Ge]([CH3])([CH3])[CH3]. The van der Waals surface area contributed by atoms with Crippen LogP contribution in [0.2, 0.25) is 17.3 Å². The number of hydrogen-bond acceptors (Lipinski definition) is 0. The number of unbranched alkanes of at least 4 members (excludes halogenated alkanes) is 2. The van der Waals surface area contributed by atoms with E-state index in [1.54, 1.807) is 0 Å². The summed E-state index contributed by atoms with van der Waals surface area (Å²) in [7, 11) is 0. The van der Waals surface area contributed by atoms with Gasteiger partial charge in [0.05, 0.1) is 0 Å². The second kappa shape index (κ2) is 6.51. The normalized spacial score (nSPS) is 10.8. The van der Waals surface area contributed by atoms with Crippen molar-refractivity contribution in [3.05, 3.63) is 16.2 Å². The topological polar surface area (TPSA) is 0 Å². The molecule has 0 radical (unpaired) electrons. The molecule has 0 fully saturated rings. The van der Waals surface area contributed by atoms with Gasteiger partial charge in [-0.3, -0.25) is 0 Å². The predicted molar refractivity (Wildman–Crippen MR) is 64.8 cm³/mol. The van der Waals surface area contributed by atoms with Crippen molar-refractivity contribution in [3.63, 3.8) is 0 Å². The molecule has 1 heteroatoms. The van der Waals surface area contributed by atoms with Crippen LogP contribution in [-0.4, -0.2) is 13.3 Å². The van der Waals surface area contributed by atoms with E-state index in [4.69, 9.17) is 0 Å². The van der Waals surface area contributed by atoms with Gasteiger partial charge in [0.15, 0.2) is 0 Å². The van der Waals surface area contributed by atoms with E-state index in [2.05, 4.69) is 41.8 Å². The molecule has 0 aromatic carbocycles. The Bertz CT molecular complexity index is 190. The Hall–Kier alpha value is 0.0629. The fourth-order valence-corrected chi connectivity index (χ4v) is 2.48. The summed E-state index contributed by atoms with van der Waals surface area (Å²) in [6, 6.07) is 0. The molecule has 0 spiro atoms.